The largest absolute Gasteiger partial charge is 0.494 e. The second-order valence-electron chi connectivity index (χ2n) is 5.87. The number of amides is 1. The highest BCUT2D eigenvalue weighted by molar-refractivity contribution is 5.76. The number of carbonyl (C=O) groups excluding carboxylic acids is 1. The van der Waals surface area contributed by atoms with Crippen molar-refractivity contribution in [3.63, 3.8) is 0 Å². The summed E-state index contributed by atoms with van der Waals surface area (Å²) in [5.74, 6) is 0.552. The van der Waals surface area contributed by atoms with Gasteiger partial charge in [-0.3, -0.25) is 9.59 Å². The molecule has 8 nitrogen and oxygen atoms in total. The van der Waals surface area contributed by atoms with Crippen molar-refractivity contribution >= 4 is 11.9 Å². The lowest BCUT2D eigenvalue weighted by molar-refractivity contribution is -0.137. The van der Waals surface area contributed by atoms with Gasteiger partial charge in [-0.25, -0.2) is 0 Å². The van der Waals surface area contributed by atoms with Crippen LogP contribution in [0, 0.1) is 0 Å². The lowest BCUT2D eigenvalue weighted by Gasteiger charge is -2.11. The molecule has 26 heavy (non-hydrogen) atoms. The molecule has 1 unspecified atom stereocenters. The van der Waals surface area contributed by atoms with Crippen molar-refractivity contribution in [1.29, 1.82) is 0 Å². The number of carboxylic acids is 1. The van der Waals surface area contributed by atoms with Crippen LogP contribution < -0.4 is 10.1 Å². The number of carboxylic acid groups (broad SMARTS) is 1. The monoisotopic (exact) mass is 361 g/mol. The minimum atomic E-state index is -0.876. The van der Waals surface area contributed by atoms with Crippen molar-refractivity contribution in [3.8, 4) is 17.1 Å². The Morgan fingerprint density at radius 3 is 2.65 bits per heavy atom. The van der Waals surface area contributed by atoms with Crippen LogP contribution in [0.4, 0.5) is 0 Å². The maximum absolute atomic E-state index is 11.9. The number of ether oxygens (including phenoxy) is 1. The number of hydrogen-bond acceptors (Lipinski definition) is 6. The predicted molar refractivity (Wildman–Crippen MR) is 93.7 cm³/mol. The highest BCUT2D eigenvalue weighted by Crippen LogP contribution is 2.20. The minimum absolute atomic E-state index is 0.0244. The maximum Gasteiger partial charge on any atom is 0.303 e. The number of aromatic nitrogens is 2. The van der Waals surface area contributed by atoms with Gasteiger partial charge in [-0.15, -0.1) is 0 Å². The van der Waals surface area contributed by atoms with Gasteiger partial charge in [-0.2, -0.15) is 4.98 Å². The first-order valence-electron chi connectivity index (χ1n) is 8.55. The molecule has 2 aromatic rings. The summed E-state index contributed by atoms with van der Waals surface area (Å²) in [4.78, 5) is 26.7. The Morgan fingerprint density at radius 1 is 1.27 bits per heavy atom. The molecule has 0 aliphatic carbocycles. The van der Waals surface area contributed by atoms with Gasteiger partial charge in [0.2, 0.25) is 17.6 Å². The van der Waals surface area contributed by atoms with Gasteiger partial charge in [0.15, 0.2) is 0 Å². The second kappa shape index (κ2) is 9.55. The number of rotatable bonds is 10. The Hall–Kier alpha value is -2.90. The first-order valence-corrected chi connectivity index (χ1v) is 8.55. The SMILES string of the molecule is CCOc1ccc(-c2noc(CCC(=O)NC(C)CCC(=O)O)n2)cc1. The first kappa shape index (κ1) is 19.4. The summed E-state index contributed by atoms with van der Waals surface area (Å²) in [6.45, 7) is 4.29. The zero-order valence-corrected chi connectivity index (χ0v) is 14.9. The quantitative estimate of drug-likeness (QED) is 0.668. The molecule has 2 rings (SSSR count). The summed E-state index contributed by atoms with van der Waals surface area (Å²) in [5, 5.41) is 15.3. The van der Waals surface area contributed by atoms with Crippen molar-refractivity contribution in [3.05, 3.63) is 30.2 Å². The van der Waals surface area contributed by atoms with E-state index in [1.165, 1.54) is 0 Å². The molecule has 0 aliphatic rings. The van der Waals surface area contributed by atoms with Gasteiger partial charge in [-0.1, -0.05) is 5.16 Å². The molecular formula is C18H23N3O5. The molecule has 1 atom stereocenters. The highest BCUT2D eigenvalue weighted by atomic mass is 16.5. The lowest BCUT2D eigenvalue weighted by atomic mass is 10.1. The third-order valence-electron chi connectivity index (χ3n) is 3.66. The Bertz CT molecular complexity index is 727. The third-order valence-corrected chi connectivity index (χ3v) is 3.66. The number of aliphatic carboxylic acids is 1. The summed E-state index contributed by atoms with van der Waals surface area (Å²) < 4.78 is 10.6. The molecule has 2 N–H and O–H groups in total. The predicted octanol–water partition coefficient (Wildman–Crippen LogP) is 2.44. The molecule has 0 spiro atoms. The molecular weight excluding hydrogens is 338 g/mol. The standard InChI is InChI=1S/C18H23N3O5/c1-3-25-14-7-5-13(6-8-14)18-20-16(26-21-18)10-9-15(22)19-12(2)4-11-17(23)24/h5-8,12H,3-4,9-11H2,1-2H3,(H,19,22)(H,23,24). The molecule has 0 saturated carbocycles. The maximum atomic E-state index is 11.9. The minimum Gasteiger partial charge on any atom is -0.494 e. The van der Waals surface area contributed by atoms with Crippen LogP contribution in [0.1, 0.15) is 39.0 Å². The van der Waals surface area contributed by atoms with Gasteiger partial charge < -0.3 is 19.7 Å². The van der Waals surface area contributed by atoms with E-state index >= 15 is 0 Å². The highest BCUT2D eigenvalue weighted by Gasteiger charge is 2.13. The molecule has 0 bridgehead atoms. The van der Waals surface area contributed by atoms with E-state index in [1.54, 1.807) is 6.92 Å². The average Bonchev–Trinajstić information content (AvgIpc) is 3.08. The summed E-state index contributed by atoms with van der Waals surface area (Å²) >= 11 is 0. The van der Waals surface area contributed by atoms with E-state index in [2.05, 4.69) is 15.5 Å². The smallest absolute Gasteiger partial charge is 0.303 e. The second-order valence-corrected chi connectivity index (χ2v) is 5.87. The topological polar surface area (TPSA) is 115 Å². The first-order chi connectivity index (χ1) is 12.5. The van der Waals surface area contributed by atoms with Crippen molar-refractivity contribution < 1.29 is 24.0 Å². The van der Waals surface area contributed by atoms with Gasteiger partial charge in [0.1, 0.15) is 5.75 Å². The van der Waals surface area contributed by atoms with E-state index in [-0.39, 0.29) is 24.8 Å². The number of benzene rings is 1. The molecule has 1 amide bonds. The Labute approximate surface area is 151 Å². The molecule has 1 heterocycles. The van der Waals surface area contributed by atoms with Gasteiger partial charge >= 0.3 is 5.97 Å². The van der Waals surface area contributed by atoms with E-state index in [9.17, 15) is 9.59 Å². The molecule has 0 radical (unpaired) electrons. The fraction of sp³-hybridized carbons (Fsp3) is 0.444. The number of hydrogen-bond donors (Lipinski definition) is 2. The number of aryl methyl sites for hydroxylation is 1. The zero-order valence-electron chi connectivity index (χ0n) is 14.9. The summed E-state index contributed by atoms with van der Waals surface area (Å²) in [7, 11) is 0. The van der Waals surface area contributed by atoms with Crippen molar-refractivity contribution in [2.24, 2.45) is 0 Å². The van der Waals surface area contributed by atoms with Crippen LogP contribution in [0.15, 0.2) is 28.8 Å². The van der Waals surface area contributed by atoms with Gasteiger partial charge in [-0.05, 0) is 44.5 Å². The van der Waals surface area contributed by atoms with Crippen LogP contribution in [0.3, 0.4) is 0 Å². The van der Waals surface area contributed by atoms with Gasteiger partial charge in [0.25, 0.3) is 0 Å². The third kappa shape index (κ3) is 6.19. The van der Waals surface area contributed by atoms with E-state index in [1.807, 2.05) is 31.2 Å². The van der Waals surface area contributed by atoms with Crippen molar-refractivity contribution in [2.45, 2.75) is 45.6 Å². The fourth-order valence-electron chi connectivity index (χ4n) is 2.32. The van der Waals surface area contributed by atoms with Crippen LogP contribution in [0.2, 0.25) is 0 Å². The molecule has 140 valence electrons. The van der Waals surface area contributed by atoms with Crippen LogP contribution in [-0.4, -0.2) is 39.8 Å². The molecule has 0 saturated heterocycles. The number of nitrogens with zero attached hydrogens (tertiary/aromatic N) is 2. The van der Waals surface area contributed by atoms with Crippen LogP contribution in [0.5, 0.6) is 5.75 Å². The number of carbonyl (C=O) groups is 2. The summed E-state index contributed by atoms with van der Waals surface area (Å²) in [5.41, 5.74) is 0.801. The van der Waals surface area contributed by atoms with E-state index in [0.717, 1.165) is 11.3 Å². The Morgan fingerprint density at radius 2 is 2.00 bits per heavy atom. The van der Waals surface area contributed by atoms with Crippen LogP contribution >= 0.6 is 0 Å². The van der Waals surface area contributed by atoms with Gasteiger partial charge in [0.05, 0.1) is 6.61 Å². The lowest BCUT2D eigenvalue weighted by Crippen LogP contribution is -2.33. The van der Waals surface area contributed by atoms with E-state index in [4.69, 9.17) is 14.4 Å². The van der Waals surface area contributed by atoms with Crippen LogP contribution in [0.25, 0.3) is 11.4 Å². The molecule has 0 fully saturated rings. The Balaban J connectivity index is 1.82. The number of nitrogens with one attached hydrogen (secondary N) is 1. The molecule has 8 heteroatoms. The molecule has 1 aromatic carbocycles. The molecule has 1 aromatic heterocycles. The average molecular weight is 361 g/mol. The fourth-order valence-corrected chi connectivity index (χ4v) is 2.32. The summed E-state index contributed by atoms with van der Waals surface area (Å²) in [6, 6.07) is 7.16. The van der Waals surface area contributed by atoms with E-state index in [0.29, 0.717) is 31.2 Å². The van der Waals surface area contributed by atoms with E-state index < -0.39 is 5.97 Å². The Kier molecular flexibility index (Phi) is 7.13. The van der Waals surface area contributed by atoms with Crippen LogP contribution in [-0.2, 0) is 16.0 Å². The van der Waals surface area contributed by atoms with Gasteiger partial charge in [0, 0.05) is 30.9 Å². The molecule has 0 aliphatic heterocycles. The van der Waals surface area contributed by atoms with Crippen molar-refractivity contribution in [1.82, 2.24) is 15.5 Å². The normalized spacial score (nSPS) is 11.8. The zero-order chi connectivity index (χ0) is 18.9. The summed E-state index contributed by atoms with van der Waals surface area (Å²) in [6.07, 6.45) is 0.934. The van der Waals surface area contributed by atoms with Crippen molar-refractivity contribution in [2.75, 3.05) is 6.61 Å².